The molecular formula is C30H29NO4S. The first-order chi connectivity index (χ1) is 17.1. The summed E-state index contributed by atoms with van der Waals surface area (Å²) >= 11 is 0. The summed E-state index contributed by atoms with van der Waals surface area (Å²) in [5, 5.41) is 0.904. The van der Waals surface area contributed by atoms with Crippen molar-refractivity contribution in [3.05, 3.63) is 90.1 Å². The van der Waals surface area contributed by atoms with Gasteiger partial charge in [-0.25, -0.2) is 8.42 Å². The third-order valence-corrected chi connectivity index (χ3v) is 9.56. The highest BCUT2D eigenvalue weighted by molar-refractivity contribution is 7.91. The predicted octanol–water partition coefficient (Wildman–Crippen LogP) is 6.13. The van der Waals surface area contributed by atoms with E-state index in [1.54, 1.807) is 20.0 Å². The fourth-order valence-electron chi connectivity index (χ4n) is 4.74. The van der Waals surface area contributed by atoms with Crippen LogP contribution in [0.3, 0.4) is 0 Å². The number of nitrogens with zero attached hydrogens (tertiary/aromatic N) is 1. The van der Waals surface area contributed by atoms with Gasteiger partial charge in [0.05, 0.1) is 23.3 Å². The van der Waals surface area contributed by atoms with Crippen LogP contribution in [0.5, 0.6) is 0 Å². The van der Waals surface area contributed by atoms with E-state index in [0.29, 0.717) is 0 Å². The average Bonchev–Trinajstić information content (AvgIpc) is 3.68. The van der Waals surface area contributed by atoms with Gasteiger partial charge >= 0.3 is 5.97 Å². The van der Waals surface area contributed by atoms with Gasteiger partial charge in [-0.1, -0.05) is 48.5 Å². The minimum atomic E-state index is -3.34. The monoisotopic (exact) mass is 499 g/mol. The molecule has 1 heterocycles. The molecule has 3 aromatic carbocycles. The molecule has 5 rings (SSSR count). The minimum Gasteiger partial charge on any atom is -0.469 e. The van der Waals surface area contributed by atoms with Gasteiger partial charge in [0.15, 0.2) is 9.84 Å². The molecule has 1 aromatic heterocycles. The van der Waals surface area contributed by atoms with Gasteiger partial charge in [-0.05, 0) is 78.3 Å². The molecule has 1 aliphatic rings. The SMILES string of the molecule is COC(=O)C1CC1c1ccc(-c2cccc(-c3cc(C(C)(C)S(C)(=O)=O)cc4cccnc34)c2)cc1. The Labute approximate surface area is 212 Å². The van der Waals surface area contributed by atoms with E-state index in [2.05, 4.69) is 41.4 Å². The van der Waals surface area contributed by atoms with Crippen molar-refractivity contribution in [1.82, 2.24) is 4.98 Å². The molecule has 0 amide bonds. The second-order valence-electron chi connectivity index (χ2n) is 10.1. The first-order valence-electron chi connectivity index (χ1n) is 12.0. The quantitative estimate of drug-likeness (QED) is 0.299. The minimum absolute atomic E-state index is 0.0339. The van der Waals surface area contributed by atoms with Crippen LogP contribution in [0, 0.1) is 5.92 Å². The number of fused-ring (bicyclic) bond motifs is 1. The standard InChI is InChI=1S/C30H29NO4S/c1-30(2,36(4,33)34)24-16-23-9-6-14-31-28(23)26(17-24)22-8-5-7-21(15-22)19-10-12-20(13-11-19)25-18-27(25)29(32)35-3/h5-17,25,27H,18H2,1-4H3. The maximum Gasteiger partial charge on any atom is 0.309 e. The Morgan fingerprint density at radius 2 is 1.67 bits per heavy atom. The van der Waals surface area contributed by atoms with Crippen LogP contribution in [0.25, 0.3) is 33.2 Å². The Bertz CT molecular complexity index is 1570. The molecule has 2 unspecified atom stereocenters. The van der Waals surface area contributed by atoms with E-state index >= 15 is 0 Å². The number of rotatable bonds is 6. The number of benzene rings is 3. The zero-order chi connectivity index (χ0) is 25.7. The smallest absolute Gasteiger partial charge is 0.309 e. The van der Waals surface area contributed by atoms with Crippen molar-refractivity contribution in [2.75, 3.05) is 13.4 Å². The van der Waals surface area contributed by atoms with Crippen LogP contribution in [-0.2, 0) is 24.1 Å². The molecule has 2 atom stereocenters. The van der Waals surface area contributed by atoms with Crippen LogP contribution in [0.4, 0.5) is 0 Å². The Balaban J connectivity index is 1.54. The molecule has 0 aliphatic heterocycles. The van der Waals surface area contributed by atoms with Crippen LogP contribution in [0.2, 0.25) is 0 Å². The third kappa shape index (κ3) is 4.30. The molecule has 0 bridgehead atoms. The van der Waals surface area contributed by atoms with E-state index in [-0.39, 0.29) is 17.8 Å². The number of ether oxygens (including phenoxy) is 1. The zero-order valence-electron chi connectivity index (χ0n) is 20.9. The van der Waals surface area contributed by atoms with Crippen molar-refractivity contribution in [2.45, 2.75) is 30.9 Å². The number of carbonyl (C=O) groups is 1. The molecule has 6 heteroatoms. The maximum atomic E-state index is 12.6. The molecule has 1 fully saturated rings. The number of methoxy groups -OCH3 is 1. The molecule has 0 spiro atoms. The fraction of sp³-hybridized carbons (Fsp3) is 0.267. The second kappa shape index (κ2) is 8.86. The van der Waals surface area contributed by atoms with Gasteiger partial charge in [-0.3, -0.25) is 9.78 Å². The topological polar surface area (TPSA) is 73.3 Å². The molecular weight excluding hydrogens is 470 g/mol. The van der Waals surface area contributed by atoms with Gasteiger partial charge in [0.25, 0.3) is 0 Å². The lowest BCUT2D eigenvalue weighted by Crippen LogP contribution is -2.28. The van der Waals surface area contributed by atoms with Gasteiger partial charge < -0.3 is 4.74 Å². The number of carbonyl (C=O) groups excluding carboxylic acids is 1. The predicted molar refractivity (Wildman–Crippen MR) is 143 cm³/mol. The lowest BCUT2D eigenvalue weighted by atomic mass is 9.92. The first kappa shape index (κ1) is 24.2. The fourth-order valence-corrected chi connectivity index (χ4v) is 5.28. The second-order valence-corrected chi connectivity index (χ2v) is 12.6. The van der Waals surface area contributed by atoms with Gasteiger partial charge in [-0.15, -0.1) is 0 Å². The molecule has 0 radical (unpaired) electrons. The van der Waals surface area contributed by atoms with Gasteiger partial charge in [0.2, 0.25) is 0 Å². The summed E-state index contributed by atoms with van der Waals surface area (Å²) in [5.41, 5.74) is 6.71. The summed E-state index contributed by atoms with van der Waals surface area (Å²) in [6, 6.07) is 24.3. The lowest BCUT2D eigenvalue weighted by Gasteiger charge is -2.24. The molecule has 0 saturated heterocycles. The summed E-state index contributed by atoms with van der Waals surface area (Å²) in [7, 11) is -1.91. The van der Waals surface area contributed by atoms with E-state index in [4.69, 9.17) is 4.74 Å². The Morgan fingerprint density at radius 1 is 0.944 bits per heavy atom. The van der Waals surface area contributed by atoms with Crippen molar-refractivity contribution >= 4 is 26.7 Å². The van der Waals surface area contributed by atoms with E-state index in [0.717, 1.165) is 50.7 Å². The normalized spacial score (nSPS) is 17.7. The molecule has 5 nitrogen and oxygen atoms in total. The number of esters is 1. The first-order valence-corrected chi connectivity index (χ1v) is 13.9. The Kier molecular flexibility index (Phi) is 5.95. The van der Waals surface area contributed by atoms with Gasteiger partial charge in [-0.2, -0.15) is 0 Å². The van der Waals surface area contributed by atoms with Crippen LogP contribution in [0.1, 0.15) is 37.3 Å². The lowest BCUT2D eigenvalue weighted by molar-refractivity contribution is -0.142. The summed E-state index contributed by atoms with van der Waals surface area (Å²) in [4.78, 5) is 16.4. The number of hydrogen-bond donors (Lipinski definition) is 0. The Morgan fingerprint density at radius 3 is 2.36 bits per heavy atom. The van der Waals surface area contributed by atoms with Crippen LogP contribution < -0.4 is 0 Å². The van der Waals surface area contributed by atoms with Crippen molar-refractivity contribution in [3.63, 3.8) is 0 Å². The number of sulfone groups is 1. The van der Waals surface area contributed by atoms with E-state index in [1.165, 1.54) is 13.4 Å². The highest BCUT2D eigenvalue weighted by Crippen LogP contribution is 2.48. The van der Waals surface area contributed by atoms with Crippen LogP contribution in [-0.4, -0.2) is 32.7 Å². The average molecular weight is 500 g/mol. The van der Waals surface area contributed by atoms with Crippen LogP contribution in [0.15, 0.2) is 79.0 Å². The molecule has 0 N–H and O–H groups in total. The largest absolute Gasteiger partial charge is 0.469 e. The molecule has 1 saturated carbocycles. The third-order valence-electron chi connectivity index (χ3n) is 7.47. The summed E-state index contributed by atoms with van der Waals surface area (Å²) in [6.07, 6.45) is 3.87. The van der Waals surface area contributed by atoms with Crippen LogP contribution >= 0.6 is 0 Å². The zero-order valence-corrected chi connectivity index (χ0v) is 21.7. The highest BCUT2D eigenvalue weighted by atomic mass is 32.2. The van der Waals surface area contributed by atoms with Crippen molar-refractivity contribution in [2.24, 2.45) is 5.92 Å². The van der Waals surface area contributed by atoms with Gasteiger partial charge in [0.1, 0.15) is 0 Å². The number of pyridine rings is 1. The molecule has 184 valence electrons. The van der Waals surface area contributed by atoms with Crippen molar-refractivity contribution < 1.29 is 17.9 Å². The number of hydrogen-bond acceptors (Lipinski definition) is 5. The van der Waals surface area contributed by atoms with E-state index in [9.17, 15) is 13.2 Å². The maximum absolute atomic E-state index is 12.6. The highest BCUT2D eigenvalue weighted by Gasteiger charge is 2.44. The van der Waals surface area contributed by atoms with Gasteiger partial charge in [0, 0.05) is 23.4 Å². The summed E-state index contributed by atoms with van der Waals surface area (Å²) in [5.74, 6) is 0.0588. The molecule has 1 aliphatic carbocycles. The summed E-state index contributed by atoms with van der Waals surface area (Å²) in [6.45, 7) is 3.48. The number of aromatic nitrogens is 1. The van der Waals surface area contributed by atoms with E-state index < -0.39 is 14.6 Å². The van der Waals surface area contributed by atoms with E-state index in [1.807, 2.05) is 36.4 Å². The van der Waals surface area contributed by atoms with Crippen molar-refractivity contribution in [1.29, 1.82) is 0 Å². The van der Waals surface area contributed by atoms with Crippen molar-refractivity contribution in [3.8, 4) is 22.3 Å². The molecule has 4 aromatic rings. The summed E-state index contributed by atoms with van der Waals surface area (Å²) < 4.78 is 29.0. The molecule has 36 heavy (non-hydrogen) atoms. The Hall–Kier alpha value is -3.51.